The Labute approximate surface area is 87.9 Å². The number of nitrogens with zero attached hydrogens (tertiary/aromatic N) is 1. The van der Waals surface area contributed by atoms with Crippen molar-refractivity contribution in [3.63, 3.8) is 0 Å². The summed E-state index contributed by atoms with van der Waals surface area (Å²) in [5.74, 6) is -1.01. The molecule has 1 aromatic rings. The van der Waals surface area contributed by atoms with E-state index in [-0.39, 0.29) is 5.56 Å². The highest BCUT2D eigenvalue weighted by atomic mass is 19.1. The lowest BCUT2D eigenvalue weighted by molar-refractivity contribution is 0.0950. The number of halogens is 1. The molecule has 0 atom stereocenters. The van der Waals surface area contributed by atoms with Gasteiger partial charge in [0.25, 0.3) is 5.91 Å². The van der Waals surface area contributed by atoms with Gasteiger partial charge in [0.1, 0.15) is 0 Å². The minimum absolute atomic E-state index is 0.0292. The van der Waals surface area contributed by atoms with Crippen LogP contribution in [0.1, 0.15) is 17.3 Å². The van der Waals surface area contributed by atoms with Crippen LogP contribution in [0, 0.1) is 5.82 Å². The van der Waals surface area contributed by atoms with Gasteiger partial charge in [-0.25, -0.2) is 4.39 Å². The van der Waals surface area contributed by atoms with Crippen LogP contribution in [0.3, 0.4) is 0 Å². The number of likely N-dealkylation sites (N-methyl/N-ethyl adjacent to an activating group) is 1. The van der Waals surface area contributed by atoms with Crippen molar-refractivity contribution < 1.29 is 9.18 Å². The second-order valence-electron chi connectivity index (χ2n) is 2.96. The van der Waals surface area contributed by atoms with Crippen LogP contribution in [0.5, 0.6) is 0 Å². The second-order valence-corrected chi connectivity index (χ2v) is 2.96. The fraction of sp³-hybridized carbons (Fsp3) is 0.400. The van der Waals surface area contributed by atoms with Crippen LogP contribution < -0.4 is 10.6 Å². The first-order chi connectivity index (χ1) is 7.25. The lowest BCUT2D eigenvalue weighted by Gasteiger charge is -2.05. The molecular weight excluding hydrogens is 197 g/mol. The molecule has 0 spiro atoms. The molecule has 0 aromatic carbocycles. The van der Waals surface area contributed by atoms with Gasteiger partial charge in [-0.2, -0.15) is 0 Å². The molecule has 0 aliphatic heterocycles. The molecule has 5 heteroatoms. The molecule has 4 nitrogen and oxygen atoms in total. The number of carbonyl (C=O) groups is 1. The summed E-state index contributed by atoms with van der Waals surface area (Å²) in [6.07, 6.45) is 2.42. The van der Waals surface area contributed by atoms with Gasteiger partial charge in [0.05, 0.1) is 11.8 Å². The van der Waals surface area contributed by atoms with Crippen LogP contribution in [-0.2, 0) is 0 Å². The van der Waals surface area contributed by atoms with Crippen LogP contribution in [0.15, 0.2) is 18.5 Å². The summed E-state index contributed by atoms with van der Waals surface area (Å²) < 4.78 is 13.1. The average molecular weight is 211 g/mol. The summed E-state index contributed by atoms with van der Waals surface area (Å²) in [4.78, 5) is 15.0. The van der Waals surface area contributed by atoms with Gasteiger partial charge < -0.3 is 10.6 Å². The summed E-state index contributed by atoms with van der Waals surface area (Å²) in [5, 5.41) is 5.65. The Morgan fingerprint density at radius 3 is 3.00 bits per heavy atom. The number of nitrogens with one attached hydrogen (secondary N) is 2. The lowest BCUT2D eigenvalue weighted by atomic mass is 10.2. The molecule has 0 unspecified atom stereocenters. The highest BCUT2D eigenvalue weighted by Gasteiger charge is 2.09. The Balaban J connectivity index is 2.44. The monoisotopic (exact) mass is 211 g/mol. The maximum absolute atomic E-state index is 13.1. The average Bonchev–Trinajstić information content (AvgIpc) is 2.25. The molecule has 2 N–H and O–H groups in total. The third-order valence-electron chi connectivity index (χ3n) is 1.85. The van der Waals surface area contributed by atoms with Crippen molar-refractivity contribution in [2.45, 2.75) is 6.92 Å². The maximum atomic E-state index is 13.1. The van der Waals surface area contributed by atoms with E-state index < -0.39 is 11.7 Å². The Bertz CT molecular complexity index is 330. The predicted octanol–water partition coefficient (Wildman–Crippen LogP) is 0.560. The largest absolute Gasteiger partial charge is 0.351 e. The molecule has 0 saturated heterocycles. The molecule has 0 aliphatic carbocycles. The van der Waals surface area contributed by atoms with E-state index in [1.54, 1.807) is 0 Å². The standard InChI is InChI=1S/C10H14FN3O/c1-2-12-5-6-14-10(15)8-3-4-13-7-9(8)11/h3-4,7,12H,2,5-6H2,1H3,(H,14,15). The molecule has 1 rings (SSSR count). The van der Waals surface area contributed by atoms with Crippen LogP contribution in [-0.4, -0.2) is 30.5 Å². The van der Waals surface area contributed by atoms with Gasteiger partial charge in [0.15, 0.2) is 5.82 Å². The Hall–Kier alpha value is -1.49. The van der Waals surface area contributed by atoms with Gasteiger partial charge in [-0.05, 0) is 12.6 Å². The normalized spacial score (nSPS) is 10.0. The van der Waals surface area contributed by atoms with Gasteiger partial charge in [0.2, 0.25) is 0 Å². The van der Waals surface area contributed by atoms with Crippen LogP contribution >= 0.6 is 0 Å². The molecule has 0 radical (unpaired) electrons. The smallest absolute Gasteiger partial charge is 0.254 e. The number of carbonyl (C=O) groups excluding carboxylic acids is 1. The SMILES string of the molecule is CCNCCNC(=O)c1ccncc1F. The summed E-state index contributed by atoms with van der Waals surface area (Å²) >= 11 is 0. The van der Waals surface area contributed by atoms with Crippen molar-refractivity contribution >= 4 is 5.91 Å². The van der Waals surface area contributed by atoms with Crippen LogP contribution in [0.25, 0.3) is 0 Å². The van der Waals surface area contributed by atoms with Gasteiger partial charge in [-0.15, -0.1) is 0 Å². The zero-order valence-corrected chi connectivity index (χ0v) is 8.59. The highest BCUT2D eigenvalue weighted by Crippen LogP contribution is 2.03. The van der Waals surface area contributed by atoms with E-state index in [2.05, 4.69) is 15.6 Å². The molecule has 1 heterocycles. The molecule has 15 heavy (non-hydrogen) atoms. The van der Waals surface area contributed by atoms with Crippen molar-refractivity contribution in [1.82, 2.24) is 15.6 Å². The number of pyridine rings is 1. The first-order valence-corrected chi connectivity index (χ1v) is 4.84. The molecular formula is C10H14FN3O. The number of rotatable bonds is 5. The lowest BCUT2D eigenvalue weighted by Crippen LogP contribution is -2.32. The zero-order valence-electron chi connectivity index (χ0n) is 8.59. The maximum Gasteiger partial charge on any atom is 0.254 e. The summed E-state index contributed by atoms with van der Waals surface area (Å²) in [6.45, 7) is 3.98. The number of aromatic nitrogens is 1. The Morgan fingerprint density at radius 1 is 1.53 bits per heavy atom. The van der Waals surface area contributed by atoms with E-state index in [0.29, 0.717) is 13.1 Å². The van der Waals surface area contributed by atoms with Crippen molar-refractivity contribution in [3.8, 4) is 0 Å². The molecule has 0 saturated carbocycles. The minimum Gasteiger partial charge on any atom is -0.351 e. The van der Waals surface area contributed by atoms with Gasteiger partial charge in [0, 0.05) is 19.3 Å². The van der Waals surface area contributed by atoms with E-state index in [9.17, 15) is 9.18 Å². The van der Waals surface area contributed by atoms with Crippen LogP contribution in [0.2, 0.25) is 0 Å². The quantitative estimate of drug-likeness (QED) is 0.700. The minimum atomic E-state index is -0.599. The number of amides is 1. The van der Waals surface area contributed by atoms with E-state index in [0.717, 1.165) is 12.7 Å². The fourth-order valence-electron chi connectivity index (χ4n) is 1.10. The Morgan fingerprint density at radius 2 is 2.33 bits per heavy atom. The van der Waals surface area contributed by atoms with Gasteiger partial charge >= 0.3 is 0 Å². The van der Waals surface area contributed by atoms with Crippen molar-refractivity contribution in [2.75, 3.05) is 19.6 Å². The predicted molar refractivity (Wildman–Crippen MR) is 55.1 cm³/mol. The van der Waals surface area contributed by atoms with Crippen molar-refractivity contribution in [1.29, 1.82) is 0 Å². The van der Waals surface area contributed by atoms with E-state index >= 15 is 0 Å². The molecule has 1 aromatic heterocycles. The number of hydrogen-bond acceptors (Lipinski definition) is 3. The highest BCUT2D eigenvalue weighted by molar-refractivity contribution is 5.94. The molecule has 0 bridgehead atoms. The molecule has 1 amide bonds. The molecule has 0 aliphatic rings. The second kappa shape index (κ2) is 6.08. The van der Waals surface area contributed by atoms with E-state index in [1.165, 1.54) is 12.3 Å². The summed E-state index contributed by atoms with van der Waals surface area (Å²) in [7, 11) is 0. The van der Waals surface area contributed by atoms with E-state index in [4.69, 9.17) is 0 Å². The topological polar surface area (TPSA) is 54.0 Å². The fourth-order valence-corrected chi connectivity index (χ4v) is 1.10. The first kappa shape index (κ1) is 11.6. The van der Waals surface area contributed by atoms with Gasteiger partial charge in [-0.3, -0.25) is 9.78 Å². The third-order valence-corrected chi connectivity index (χ3v) is 1.85. The molecule has 0 fully saturated rings. The van der Waals surface area contributed by atoms with Crippen LogP contribution in [0.4, 0.5) is 4.39 Å². The van der Waals surface area contributed by atoms with E-state index in [1.807, 2.05) is 6.92 Å². The van der Waals surface area contributed by atoms with Crippen molar-refractivity contribution in [3.05, 3.63) is 29.8 Å². The number of hydrogen-bond donors (Lipinski definition) is 2. The zero-order chi connectivity index (χ0) is 11.1. The Kier molecular flexibility index (Phi) is 4.70. The third kappa shape index (κ3) is 3.63. The summed E-state index contributed by atoms with van der Waals surface area (Å²) in [6, 6.07) is 1.36. The van der Waals surface area contributed by atoms with Gasteiger partial charge in [-0.1, -0.05) is 6.92 Å². The first-order valence-electron chi connectivity index (χ1n) is 4.84. The molecule has 82 valence electrons. The van der Waals surface area contributed by atoms with Crippen molar-refractivity contribution in [2.24, 2.45) is 0 Å². The summed E-state index contributed by atoms with van der Waals surface area (Å²) in [5.41, 5.74) is 0.0292.